The van der Waals surface area contributed by atoms with Crippen molar-refractivity contribution < 1.29 is 8.78 Å². The van der Waals surface area contributed by atoms with Crippen molar-refractivity contribution in [1.29, 1.82) is 0 Å². The first-order valence-electron chi connectivity index (χ1n) is 4.41. The molecular formula is C10H10ClF2N. The van der Waals surface area contributed by atoms with Crippen LogP contribution in [0.5, 0.6) is 0 Å². The van der Waals surface area contributed by atoms with Crippen LogP contribution in [0.4, 0.5) is 8.78 Å². The topological polar surface area (TPSA) is 26.0 Å². The zero-order valence-corrected chi connectivity index (χ0v) is 8.19. The molecule has 14 heavy (non-hydrogen) atoms. The average molecular weight is 218 g/mol. The van der Waals surface area contributed by atoms with E-state index in [-0.39, 0.29) is 29.5 Å². The number of alkyl halides is 1. The third-order valence-electron chi connectivity index (χ3n) is 2.58. The Labute approximate surface area is 85.9 Å². The maximum atomic E-state index is 14.0. The van der Waals surface area contributed by atoms with Crippen molar-refractivity contribution in [1.82, 2.24) is 0 Å². The molecule has 0 radical (unpaired) electrons. The molecule has 0 saturated heterocycles. The highest BCUT2D eigenvalue weighted by Gasteiger charge is 2.45. The smallest absolute Gasteiger partial charge is 0.140 e. The van der Waals surface area contributed by atoms with Crippen LogP contribution in [-0.4, -0.2) is 6.04 Å². The number of halogens is 3. The fourth-order valence-electron chi connectivity index (χ4n) is 1.83. The lowest BCUT2D eigenvalue weighted by atomic mass is 9.73. The van der Waals surface area contributed by atoms with Crippen molar-refractivity contribution >= 4 is 11.6 Å². The molecule has 0 heterocycles. The van der Waals surface area contributed by atoms with Crippen molar-refractivity contribution in [2.45, 2.75) is 24.6 Å². The molecule has 1 saturated carbocycles. The van der Waals surface area contributed by atoms with Crippen LogP contribution in [-0.2, 0) is 5.67 Å². The summed E-state index contributed by atoms with van der Waals surface area (Å²) in [4.78, 5) is 0. The van der Waals surface area contributed by atoms with Gasteiger partial charge in [0, 0.05) is 29.5 Å². The maximum absolute atomic E-state index is 14.0. The second kappa shape index (κ2) is 3.17. The van der Waals surface area contributed by atoms with Gasteiger partial charge in [0.05, 0.1) is 0 Å². The van der Waals surface area contributed by atoms with Crippen molar-refractivity contribution in [2.75, 3.05) is 0 Å². The third-order valence-corrected chi connectivity index (χ3v) is 2.91. The summed E-state index contributed by atoms with van der Waals surface area (Å²) in [5, 5.41) is 0.265. The molecule has 1 aliphatic rings. The predicted molar refractivity (Wildman–Crippen MR) is 51.4 cm³/mol. The summed E-state index contributed by atoms with van der Waals surface area (Å²) in [5.74, 6) is -0.470. The normalized spacial score (nSPS) is 31.3. The molecule has 1 aliphatic carbocycles. The van der Waals surface area contributed by atoms with Gasteiger partial charge >= 0.3 is 0 Å². The first-order chi connectivity index (χ1) is 6.51. The molecule has 1 aromatic rings. The SMILES string of the molecule is NC1CC(F)(c2cc(F)ccc2Cl)C1. The Bertz CT molecular complexity index is 361. The van der Waals surface area contributed by atoms with Crippen molar-refractivity contribution in [2.24, 2.45) is 5.73 Å². The molecule has 0 unspecified atom stereocenters. The summed E-state index contributed by atoms with van der Waals surface area (Å²) in [5.41, 5.74) is 4.20. The summed E-state index contributed by atoms with van der Waals surface area (Å²) in [6.07, 6.45) is 0.437. The zero-order valence-electron chi connectivity index (χ0n) is 7.43. The van der Waals surface area contributed by atoms with Gasteiger partial charge in [-0.3, -0.25) is 0 Å². The lowest BCUT2D eigenvalue weighted by Crippen LogP contribution is -2.46. The fraction of sp³-hybridized carbons (Fsp3) is 0.400. The zero-order chi connectivity index (χ0) is 10.3. The fourth-order valence-corrected chi connectivity index (χ4v) is 2.12. The highest BCUT2D eigenvalue weighted by Crippen LogP contribution is 2.46. The average Bonchev–Trinajstić information content (AvgIpc) is 2.07. The third kappa shape index (κ3) is 1.51. The summed E-state index contributed by atoms with van der Waals surface area (Å²) in [7, 11) is 0. The van der Waals surface area contributed by atoms with E-state index in [1.54, 1.807) is 0 Å². The molecule has 0 aromatic heterocycles. The quantitative estimate of drug-likeness (QED) is 0.769. The molecule has 1 nitrogen and oxygen atoms in total. The summed E-state index contributed by atoms with van der Waals surface area (Å²) >= 11 is 5.79. The van der Waals surface area contributed by atoms with Crippen LogP contribution in [0.3, 0.4) is 0 Å². The van der Waals surface area contributed by atoms with E-state index in [0.717, 1.165) is 6.07 Å². The Kier molecular flexibility index (Phi) is 2.24. The second-order valence-corrected chi connectivity index (χ2v) is 4.17. The number of hydrogen-bond donors (Lipinski definition) is 1. The van der Waals surface area contributed by atoms with Gasteiger partial charge in [0.1, 0.15) is 11.5 Å². The maximum Gasteiger partial charge on any atom is 0.140 e. The van der Waals surface area contributed by atoms with Crippen LogP contribution < -0.4 is 5.73 Å². The minimum Gasteiger partial charge on any atom is -0.327 e. The Morgan fingerprint density at radius 3 is 2.64 bits per heavy atom. The molecule has 1 aromatic carbocycles. The van der Waals surface area contributed by atoms with E-state index in [2.05, 4.69) is 0 Å². The van der Waals surface area contributed by atoms with E-state index in [4.69, 9.17) is 17.3 Å². The number of hydrogen-bond acceptors (Lipinski definition) is 1. The highest BCUT2D eigenvalue weighted by molar-refractivity contribution is 6.31. The largest absolute Gasteiger partial charge is 0.327 e. The Hall–Kier alpha value is -0.670. The van der Waals surface area contributed by atoms with Crippen molar-refractivity contribution in [3.63, 3.8) is 0 Å². The minimum atomic E-state index is -1.53. The Balaban J connectivity index is 2.36. The van der Waals surface area contributed by atoms with Crippen LogP contribution >= 0.6 is 11.6 Å². The first-order valence-corrected chi connectivity index (χ1v) is 4.79. The molecule has 76 valence electrons. The van der Waals surface area contributed by atoms with Crippen molar-refractivity contribution in [3.8, 4) is 0 Å². The first kappa shape index (κ1) is 9.87. The van der Waals surface area contributed by atoms with E-state index >= 15 is 0 Å². The van der Waals surface area contributed by atoms with Gasteiger partial charge in [-0.25, -0.2) is 8.78 Å². The van der Waals surface area contributed by atoms with Gasteiger partial charge in [-0.2, -0.15) is 0 Å². The standard InChI is InChI=1S/C10H10ClF2N/c11-9-2-1-6(12)3-8(9)10(13)4-7(14)5-10/h1-3,7H,4-5,14H2. The molecule has 4 heteroatoms. The minimum absolute atomic E-state index is 0.140. The van der Waals surface area contributed by atoms with Crippen LogP contribution in [0.15, 0.2) is 18.2 Å². The van der Waals surface area contributed by atoms with Gasteiger partial charge in [0.2, 0.25) is 0 Å². The molecule has 0 amide bonds. The van der Waals surface area contributed by atoms with Crippen LogP contribution in [0.25, 0.3) is 0 Å². The van der Waals surface area contributed by atoms with E-state index in [0.29, 0.717) is 0 Å². The predicted octanol–water partition coefficient (Wildman–Crippen LogP) is 2.77. The second-order valence-electron chi connectivity index (χ2n) is 3.76. The summed E-state index contributed by atoms with van der Waals surface area (Å²) in [6, 6.07) is 3.60. The van der Waals surface area contributed by atoms with Crippen LogP contribution in [0, 0.1) is 5.82 Å². The molecular weight excluding hydrogens is 208 g/mol. The van der Waals surface area contributed by atoms with Gasteiger partial charge < -0.3 is 5.73 Å². The van der Waals surface area contributed by atoms with Gasteiger partial charge in [0.15, 0.2) is 0 Å². The molecule has 2 rings (SSSR count). The number of benzene rings is 1. The Morgan fingerprint density at radius 1 is 1.43 bits per heavy atom. The summed E-state index contributed by atoms with van der Waals surface area (Å²) < 4.78 is 26.9. The van der Waals surface area contributed by atoms with Gasteiger partial charge in [-0.05, 0) is 18.2 Å². The van der Waals surface area contributed by atoms with E-state index < -0.39 is 11.5 Å². The Morgan fingerprint density at radius 2 is 2.07 bits per heavy atom. The highest BCUT2D eigenvalue weighted by atomic mass is 35.5. The number of rotatable bonds is 1. The van der Waals surface area contributed by atoms with Crippen LogP contribution in [0.1, 0.15) is 18.4 Å². The van der Waals surface area contributed by atoms with Crippen molar-refractivity contribution in [3.05, 3.63) is 34.6 Å². The van der Waals surface area contributed by atoms with E-state index in [1.807, 2.05) is 0 Å². The summed E-state index contributed by atoms with van der Waals surface area (Å²) in [6.45, 7) is 0. The molecule has 1 fully saturated rings. The molecule has 0 aliphatic heterocycles. The van der Waals surface area contributed by atoms with E-state index in [1.165, 1.54) is 12.1 Å². The molecule has 0 bridgehead atoms. The lowest BCUT2D eigenvalue weighted by molar-refractivity contribution is 0.0403. The monoisotopic (exact) mass is 217 g/mol. The van der Waals surface area contributed by atoms with E-state index in [9.17, 15) is 8.78 Å². The lowest BCUT2D eigenvalue weighted by Gasteiger charge is -2.40. The molecule has 0 atom stereocenters. The van der Waals surface area contributed by atoms with Gasteiger partial charge in [-0.15, -0.1) is 0 Å². The number of nitrogens with two attached hydrogens (primary N) is 1. The van der Waals surface area contributed by atoms with Crippen LogP contribution in [0.2, 0.25) is 5.02 Å². The molecule has 2 N–H and O–H groups in total. The van der Waals surface area contributed by atoms with Gasteiger partial charge in [-0.1, -0.05) is 11.6 Å². The van der Waals surface area contributed by atoms with Gasteiger partial charge in [0.25, 0.3) is 0 Å². The molecule has 0 spiro atoms.